The Balaban J connectivity index is 1.49. The third-order valence-electron chi connectivity index (χ3n) is 4.55. The molecule has 29 heavy (non-hydrogen) atoms. The van der Waals surface area contributed by atoms with Crippen LogP contribution in [-0.2, 0) is 13.1 Å². The van der Waals surface area contributed by atoms with Crippen LogP contribution in [0, 0.1) is 10.1 Å². The zero-order valence-corrected chi connectivity index (χ0v) is 16.3. The molecule has 0 aliphatic rings. The van der Waals surface area contributed by atoms with E-state index in [2.05, 4.69) is 16.1 Å². The number of hydrogen-bond acceptors (Lipinski definition) is 6. The molecule has 0 atom stereocenters. The van der Waals surface area contributed by atoms with E-state index in [9.17, 15) is 14.9 Å². The van der Waals surface area contributed by atoms with E-state index >= 15 is 0 Å². The standard InChI is InChI=1S/C20H18N4O4S/c1-2-10-22-16-7-4-3-6-15(16)21-19(22)29-12-5-11-23-17-13-14(24(26)27)8-9-18(17)28-20(23)25/h2-4,6-9,13H,1,5,10-12H2. The van der Waals surface area contributed by atoms with Gasteiger partial charge in [-0.3, -0.25) is 14.7 Å². The van der Waals surface area contributed by atoms with Crippen molar-refractivity contribution in [3.05, 3.63) is 75.8 Å². The van der Waals surface area contributed by atoms with Crippen molar-refractivity contribution in [2.75, 3.05) is 5.75 Å². The molecule has 0 spiro atoms. The molecule has 0 aliphatic heterocycles. The number of fused-ring (bicyclic) bond motifs is 2. The first-order chi connectivity index (χ1) is 14.1. The van der Waals surface area contributed by atoms with Crippen molar-refractivity contribution >= 4 is 39.6 Å². The summed E-state index contributed by atoms with van der Waals surface area (Å²) in [6.07, 6.45) is 2.52. The molecule has 0 fully saturated rings. The van der Waals surface area contributed by atoms with Gasteiger partial charge >= 0.3 is 5.76 Å². The summed E-state index contributed by atoms with van der Waals surface area (Å²) in [6.45, 7) is 4.89. The van der Waals surface area contributed by atoms with Crippen LogP contribution >= 0.6 is 11.8 Å². The molecule has 9 heteroatoms. The molecule has 2 aromatic carbocycles. The summed E-state index contributed by atoms with van der Waals surface area (Å²) in [6, 6.07) is 12.1. The van der Waals surface area contributed by atoms with Crippen LogP contribution in [0.4, 0.5) is 5.69 Å². The van der Waals surface area contributed by atoms with Gasteiger partial charge in [0, 0.05) is 31.0 Å². The number of allylic oxidation sites excluding steroid dienone is 1. The van der Waals surface area contributed by atoms with Gasteiger partial charge in [0.1, 0.15) is 0 Å². The van der Waals surface area contributed by atoms with Gasteiger partial charge in [-0.25, -0.2) is 9.78 Å². The quantitative estimate of drug-likeness (QED) is 0.142. The molecule has 0 saturated carbocycles. The molecule has 4 rings (SSSR count). The number of nitro benzene ring substituents is 1. The predicted octanol–water partition coefficient (Wildman–Crippen LogP) is 4.22. The Bertz CT molecular complexity index is 1270. The van der Waals surface area contributed by atoms with E-state index in [1.807, 2.05) is 30.3 Å². The first-order valence-corrected chi connectivity index (χ1v) is 10.0. The highest BCUT2D eigenvalue weighted by Gasteiger charge is 2.15. The van der Waals surface area contributed by atoms with Crippen molar-refractivity contribution in [2.45, 2.75) is 24.7 Å². The van der Waals surface area contributed by atoms with Gasteiger partial charge < -0.3 is 8.98 Å². The van der Waals surface area contributed by atoms with Gasteiger partial charge in [-0.05, 0) is 24.6 Å². The Labute approximate surface area is 169 Å². The highest BCUT2D eigenvalue weighted by atomic mass is 32.2. The average Bonchev–Trinajstić information content (AvgIpc) is 3.22. The van der Waals surface area contributed by atoms with Crippen LogP contribution in [0.5, 0.6) is 0 Å². The van der Waals surface area contributed by atoms with Crippen LogP contribution in [0.15, 0.2) is 69.5 Å². The fraction of sp³-hybridized carbons (Fsp3) is 0.200. The van der Waals surface area contributed by atoms with Crippen LogP contribution in [-0.4, -0.2) is 24.8 Å². The van der Waals surface area contributed by atoms with E-state index < -0.39 is 10.7 Å². The number of aromatic nitrogens is 3. The lowest BCUT2D eigenvalue weighted by Gasteiger charge is -2.06. The van der Waals surface area contributed by atoms with E-state index in [1.165, 1.54) is 22.8 Å². The molecule has 0 N–H and O–H groups in total. The molecule has 0 unspecified atom stereocenters. The van der Waals surface area contributed by atoms with Gasteiger partial charge in [0.05, 0.1) is 21.5 Å². The molecular weight excluding hydrogens is 392 g/mol. The Morgan fingerprint density at radius 2 is 2.03 bits per heavy atom. The maximum absolute atomic E-state index is 12.1. The zero-order valence-electron chi connectivity index (χ0n) is 15.5. The number of nitrogens with zero attached hydrogens (tertiary/aromatic N) is 4. The first kappa shape index (κ1) is 19.0. The zero-order chi connectivity index (χ0) is 20.4. The molecule has 8 nitrogen and oxygen atoms in total. The fourth-order valence-electron chi connectivity index (χ4n) is 3.23. The average molecular weight is 410 g/mol. The molecule has 0 aliphatic carbocycles. The van der Waals surface area contributed by atoms with Crippen LogP contribution in [0.1, 0.15) is 6.42 Å². The summed E-state index contributed by atoms with van der Waals surface area (Å²) >= 11 is 1.60. The Hall–Kier alpha value is -3.33. The topological polar surface area (TPSA) is 96.1 Å². The van der Waals surface area contributed by atoms with E-state index in [4.69, 9.17) is 4.42 Å². The second-order valence-corrected chi connectivity index (χ2v) is 7.48. The second kappa shape index (κ2) is 7.96. The molecular formula is C20H18N4O4S. The number of imidazole rings is 1. The number of aryl methyl sites for hydroxylation is 1. The van der Waals surface area contributed by atoms with E-state index in [1.54, 1.807) is 11.8 Å². The predicted molar refractivity (Wildman–Crippen MR) is 112 cm³/mol. The normalized spacial score (nSPS) is 11.3. The van der Waals surface area contributed by atoms with Gasteiger partial charge in [0.15, 0.2) is 10.7 Å². The van der Waals surface area contributed by atoms with Gasteiger partial charge in [0.2, 0.25) is 0 Å². The number of nitro groups is 1. The lowest BCUT2D eigenvalue weighted by molar-refractivity contribution is -0.384. The van der Waals surface area contributed by atoms with Crippen molar-refractivity contribution in [3.63, 3.8) is 0 Å². The maximum Gasteiger partial charge on any atom is 0.419 e. The Kier molecular flexibility index (Phi) is 5.22. The molecule has 0 amide bonds. The van der Waals surface area contributed by atoms with Gasteiger partial charge in [-0.2, -0.15) is 0 Å². The summed E-state index contributed by atoms with van der Waals surface area (Å²) in [7, 11) is 0. The minimum absolute atomic E-state index is 0.0698. The minimum Gasteiger partial charge on any atom is -0.408 e. The van der Waals surface area contributed by atoms with Gasteiger partial charge in [-0.1, -0.05) is 30.0 Å². The number of thioether (sulfide) groups is 1. The maximum atomic E-state index is 12.1. The molecule has 148 valence electrons. The number of oxazole rings is 1. The van der Waals surface area contributed by atoms with Crippen LogP contribution in [0.2, 0.25) is 0 Å². The Morgan fingerprint density at radius 1 is 1.21 bits per heavy atom. The lowest BCUT2D eigenvalue weighted by atomic mass is 10.3. The van der Waals surface area contributed by atoms with Gasteiger partial charge in [0.25, 0.3) is 5.69 Å². The number of rotatable bonds is 8. The molecule has 0 bridgehead atoms. The van der Waals surface area contributed by atoms with Crippen molar-refractivity contribution < 1.29 is 9.34 Å². The fourth-order valence-corrected chi connectivity index (χ4v) is 4.18. The third kappa shape index (κ3) is 3.68. The number of hydrogen-bond donors (Lipinski definition) is 0. The summed E-state index contributed by atoms with van der Waals surface area (Å²) < 4.78 is 8.74. The lowest BCUT2D eigenvalue weighted by Crippen LogP contribution is -2.14. The van der Waals surface area contributed by atoms with Crippen molar-refractivity contribution in [2.24, 2.45) is 0 Å². The largest absolute Gasteiger partial charge is 0.419 e. The minimum atomic E-state index is -0.510. The van der Waals surface area contributed by atoms with Crippen LogP contribution in [0.3, 0.4) is 0 Å². The Morgan fingerprint density at radius 3 is 2.83 bits per heavy atom. The number of non-ortho nitro benzene ring substituents is 1. The molecule has 4 aromatic rings. The van der Waals surface area contributed by atoms with Crippen molar-refractivity contribution in [3.8, 4) is 0 Å². The highest BCUT2D eigenvalue weighted by molar-refractivity contribution is 7.99. The molecule has 2 heterocycles. The number of benzene rings is 2. The smallest absolute Gasteiger partial charge is 0.408 e. The first-order valence-electron chi connectivity index (χ1n) is 9.05. The van der Waals surface area contributed by atoms with Crippen LogP contribution < -0.4 is 5.76 Å². The summed E-state index contributed by atoms with van der Waals surface area (Å²) in [5.41, 5.74) is 2.70. The summed E-state index contributed by atoms with van der Waals surface area (Å²) in [5, 5.41) is 11.9. The molecule has 0 radical (unpaired) electrons. The van der Waals surface area contributed by atoms with E-state index in [0.717, 1.165) is 21.9 Å². The second-order valence-electron chi connectivity index (χ2n) is 6.41. The SMILES string of the molecule is C=CCn1c(SCCCn2c(=O)oc3ccc([N+](=O)[O-])cc32)nc2ccccc21. The van der Waals surface area contributed by atoms with E-state index in [-0.39, 0.29) is 5.69 Å². The van der Waals surface area contributed by atoms with Gasteiger partial charge in [-0.15, -0.1) is 6.58 Å². The third-order valence-corrected chi connectivity index (χ3v) is 5.61. The number of para-hydroxylation sites is 2. The van der Waals surface area contributed by atoms with Crippen molar-refractivity contribution in [1.29, 1.82) is 0 Å². The molecule has 0 saturated heterocycles. The summed E-state index contributed by atoms with van der Waals surface area (Å²) in [4.78, 5) is 27.3. The van der Waals surface area contributed by atoms with Crippen molar-refractivity contribution in [1.82, 2.24) is 14.1 Å². The molecule has 2 aromatic heterocycles. The summed E-state index contributed by atoms with van der Waals surface area (Å²) in [5.74, 6) is 0.221. The monoisotopic (exact) mass is 410 g/mol. The highest BCUT2D eigenvalue weighted by Crippen LogP contribution is 2.25. The van der Waals surface area contributed by atoms with Crippen LogP contribution in [0.25, 0.3) is 22.1 Å². The van der Waals surface area contributed by atoms with E-state index in [0.29, 0.717) is 30.6 Å².